The predicted octanol–water partition coefficient (Wildman–Crippen LogP) is 5.57. The average molecular weight is 269 g/mol. The molecule has 0 amide bonds. The lowest BCUT2D eigenvalue weighted by Gasteiger charge is -2.30. The summed E-state index contributed by atoms with van der Waals surface area (Å²) in [6.07, 6.45) is 13.7. The van der Waals surface area contributed by atoms with Crippen LogP contribution >= 0.6 is 0 Å². The van der Waals surface area contributed by atoms with E-state index in [0.717, 1.165) is 11.6 Å². The van der Waals surface area contributed by atoms with Crippen LogP contribution in [0.3, 0.4) is 0 Å². The fraction of sp³-hybridized carbons (Fsp3) is 0.579. The van der Waals surface area contributed by atoms with E-state index >= 15 is 0 Å². The van der Waals surface area contributed by atoms with E-state index in [-0.39, 0.29) is 0 Å². The standard InChI is InChI=1S/C19H27N/c20-18-14-8-7-13-17(18)19(15-9-3-1-4-10-15)16-11-5-2-6-12-16/h7-8,13-15H,1-6,9-12,20H2. The van der Waals surface area contributed by atoms with Crippen LogP contribution in [0.4, 0.5) is 5.69 Å². The van der Waals surface area contributed by atoms with Crippen molar-refractivity contribution in [2.45, 2.75) is 64.2 Å². The third kappa shape index (κ3) is 2.92. The second-order valence-electron chi connectivity index (χ2n) is 6.50. The molecule has 2 N–H and O–H groups in total. The topological polar surface area (TPSA) is 26.0 Å². The molecule has 0 aromatic heterocycles. The van der Waals surface area contributed by atoms with E-state index in [0.29, 0.717) is 0 Å². The molecule has 0 saturated heterocycles. The summed E-state index contributed by atoms with van der Waals surface area (Å²) in [5.41, 5.74) is 12.0. The van der Waals surface area contributed by atoms with E-state index in [1.807, 2.05) is 0 Å². The number of benzene rings is 1. The first-order valence-corrected chi connectivity index (χ1v) is 8.43. The van der Waals surface area contributed by atoms with Crippen molar-refractivity contribution in [3.8, 4) is 0 Å². The van der Waals surface area contributed by atoms with Gasteiger partial charge in [-0.25, -0.2) is 0 Å². The zero-order valence-corrected chi connectivity index (χ0v) is 12.5. The zero-order chi connectivity index (χ0) is 13.8. The number of nitrogen functional groups attached to an aromatic ring is 1. The Morgan fingerprint density at radius 3 is 2.20 bits per heavy atom. The van der Waals surface area contributed by atoms with Crippen molar-refractivity contribution in [1.82, 2.24) is 0 Å². The Morgan fingerprint density at radius 1 is 0.850 bits per heavy atom. The highest BCUT2D eigenvalue weighted by Crippen LogP contribution is 2.42. The van der Waals surface area contributed by atoms with Gasteiger partial charge in [-0.1, -0.05) is 49.5 Å². The summed E-state index contributed by atoms with van der Waals surface area (Å²) in [4.78, 5) is 0. The van der Waals surface area contributed by atoms with Gasteiger partial charge in [-0.2, -0.15) is 0 Å². The minimum Gasteiger partial charge on any atom is -0.398 e. The van der Waals surface area contributed by atoms with Crippen LogP contribution in [0.2, 0.25) is 0 Å². The second-order valence-corrected chi connectivity index (χ2v) is 6.50. The number of allylic oxidation sites excluding steroid dienone is 2. The molecule has 2 aliphatic rings. The molecule has 0 spiro atoms. The molecule has 2 fully saturated rings. The molecular weight excluding hydrogens is 242 g/mol. The Morgan fingerprint density at radius 2 is 1.50 bits per heavy atom. The summed E-state index contributed by atoms with van der Waals surface area (Å²) in [6.45, 7) is 0. The van der Waals surface area contributed by atoms with Crippen molar-refractivity contribution >= 4 is 11.3 Å². The molecular formula is C19H27N. The Balaban J connectivity index is 2.00. The van der Waals surface area contributed by atoms with Gasteiger partial charge >= 0.3 is 0 Å². The minimum atomic E-state index is 0.765. The van der Waals surface area contributed by atoms with Crippen LogP contribution in [0.5, 0.6) is 0 Å². The number of nitrogens with two attached hydrogens (primary N) is 1. The molecule has 20 heavy (non-hydrogen) atoms. The third-order valence-corrected chi connectivity index (χ3v) is 5.10. The molecule has 1 nitrogen and oxygen atoms in total. The molecule has 0 heterocycles. The van der Waals surface area contributed by atoms with Gasteiger partial charge < -0.3 is 5.73 Å². The van der Waals surface area contributed by atoms with Crippen LogP contribution in [-0.2, 0) is 0 Å². The minimum absolute atomic E-state index is 0.765. The lowest BCUT2D eigenvalue weighted by Crippen LogP contribution is -2.13. The summed E-state index contributed by atoms with van der Waals surface area (Å²) in [5.74, 6) is 0.765. The van der Waals surface area contributed by atoms with E-state index < -0.39 is 0 Å². The maximum Gasteiger partial charge on any atom is 0.0390 e. The fourth-order valence-corrected chi connectivity index (χ4v) is 4.08. The first kappa shape index (κ1) is 13.7. The van der Waals surface area contributed by atoms with Gasteiger partial charge in [-0.05, 0) is 56.1 Å². The number of hydrogen-bond acceptors (Lipinski definition) is 1. The first-order valence-electron chi connectivity index (χ1n) is 8.43. The molecule has 0 unspecified atom stereocenters. The average Bonchev–Trinajstić information content (AvgIpc) is 2.52. The van der Waals surface area contributed by atoms with Crippen LogP contribution < -0.4 is 5.73 Å². The molecule has 2 aliphatic carbocycles. The van der Waals surface area contributed by atoms with Gasteiger partial charge in [0.15, 0.2) is 0 Å². The summed E-state index contributed by atoms with van der Waals surface area (Å²) in [7, 11) is 0. The van der Waals surface area contributed by atoms with Gasteiger partial charge in [-0.3, -0.25) is 0 Å². The Labute approximate surface area is 123 Å². The number of para-hydroxylation sites is 1. The van der Waals surface area contributed by atoms with E-state index in [2.05, 4.69) is 24.3 Å². The molecule has 1 heteroatoms. The molecule has 2 saturated carbocycles. The van der Waals surface area contributed by atoms with E-state index in [9.17, 15) is 0 Å². The van der Waals surface area contributed by atoms with Crippen molar-refractivity contribution in [3.63, 3.8) is 0 Å². The Kier molecular flexibility index (Phi) is 4.44. The van der Waals surface area contributed by atoms with Crippen LogP contribution in [0.15, 0.2) is 29.8 Å². The van der Waals surface area contributed by atoms with Crippen LogP contribution in [0.25, 0.3) is 5.57 Å². The third-order valence-electron chi connectivity index (χ3n) is 5.10. The summed E-state index contributed by atoms with van der Waals surface area (Å²) in [6, 6.07) is 8.53. The van der Waals surface area contributed by atoms with E-state index in [1.54, 1.807) is 11.1 Å². The molecule has 0 atom stereocenters. The van der Waals surface area contributed by atoms with Crippen molar-refractivity contribution in [3.05, 3.63) is 35.4 Å². The van der Waals surface area contributed by atoms with Crippen LogP contribution in [-0.4, -0.2) is 0 Å². The van der Waals surface area contributed by atoms with Crippen molar-refractivity contribution in [2.75, 3.05) is 5.73 Å². The highest BCUT2D eigenvalue weighted by molar-refractivity contribution is 5.78. The van der Waals surface area contributed by atoms with Gasteiger partial charge in [0.1, 0.15) is 0 Å². The zero-order valence-electron chi connectivity index (χ0n) is 12.5. The maximum atomic E-state index is 6.30. The molecule has 1 aromatic carbocycles. The first-order chi connectivity index (χ1) is 9.86. The van der Waals surface area contributed by atoms with Crippen LogP contribution in [0, 0.1) is 5.92 Å². The van der Waals surface area contributed by atoms with Gasteiger partial charge in [0.2, 0.25) is 0 Å². The summed E-state index contributed by atoms with van der Waals surface area (Å²) in [5, 5.41) is 0. The molecule has 0 radical (unpaired) electrons. The number of anilines is 1. The fourth-order valence-electron chi connectivity index (χ4n) is 4.08. The van der Waals surface area contributed by atoms with Crippen molar-refractivity contribution < 1.29 is 0 Å². The van der Waals surface area contributed by atoms with E-state index in [4.69, 9.17) is 5.73 Å². The van der Waals surface area contributed by atoms with Gasteiger partial charge in [0.05, 0.1) is 0 Å². The quantitative estimate of drug-likeness (QED) is 0.698. The van der Waals surface area contributed by atoms with Crippen molar-refractivity contribution in [1.29, 1.82) is 0 Å². The maximum absolute atomic E-state index is 6.30. The lowest BCUT2D eigenvalue weighted by molar-refractivity contribution is 0.425. The van der Waals surface area contributed by atoms with Gasteiger partial charge in [0, 0.05) is 11.3 Å². The molecule has 0 aliphatic heterocycles. The van der Waals surface area contributed by atoms with Gasteiger partial charge in [-0.15, -0.1) is 0 Å². The molecule has 3 rings (SSSR count). The highest BCUT2D eigenvalue weighted by atomic mass is 14.6. The summed E-state index contributed by atoms with van der Waals surface area (Å²) >= 11 is 0. The highest BCUT2D eigenvalue weighted by Gasteiger charge is 2.24. The molecule has 1 aromatic rings. The Bertz CT molecular complexity index is 472. The molecule has 0 bridgehead atoms. The SMILES string of the molecule is Nc1ccccc1C(=C1CCCCC1)C1CCCCC1. The Hall–Kier alpha value is -1.24. The van der Waals surface area contributed by atoms with Crippen LogP contribution in [0.1, 0.15) is 69.8 Å². The summed E-state index contributed by atoms with van der Waals surface area (Å²) < 4.78 is 0. The van der Waals surface area contributed by atoms with Gasteiger partial charge in [0.25, 0.3) is 0 Å². The predicted molar refractivity (Wildman–Crippen MR) is 87.4 cm³/mol. The smallest absolute Gasteiger partial charge is 0.0390 e. The number of rotatable bonds is 2. The van der Waals surface area contributed by atoms with Crippen molar-refractivity contribution in [2.24, 2.45) is 5.92 Å². The monoisotopic (exact) mass is 269 g/mol. The lowest BCUT2D eigenvalue weighted by atomic mass is 9.76. The second kappa shape index (κ2) is 6.47. The number of hydrogen-bond donors (Lipinski definition) is 1. The largest absolute Gasteiger partial charge is 0.398 e. The molecule has 108 valence electrons. The van der Waals surface area contributed by atoms with E-state index in [1.165, 1.54) is 69.8 Å². The normalized spacial score (nSPS) is 20.9.